The van der Waals surface area contributed by atoms with E-state index in [0.29, 0.717) is 25.3 Å². The van der Waals surface area contributed by atoms with Crippen molar-refractivity contribution in [1.82, 2.24) is 9.97 Å². The van der Waals surface area contributed by atoms with Gasteiger partial charge in [0.2, 0.25) is 11.8 Å². The number of nitrogens with two attached hydrogens (primary N) is 1. The van der Waals surface area contributed by atoms with E-state index < -0.39 is 12.0 Å². The number of aromatic nitrogens is 2. The number of nitrogens with zero attached hydrogens (tertiary/aromatic N) is 3. The summed E-state index contributed by atoms with van der Waals surface area (Å²) < 4.78 is 5.35. The third kappa shape index (κ3) is 3.36. The van der Waals surface area contributed by atoms with Crippen molar-refractivity contribution in [3.8, 4) is 5.88 Å². The van der Waals surface area contributed by atoms with Crippen LogP contribution in [0.5, 0.6) is 5.88 Å². The fourth-order valence-corrected chi connectivity index (χ4v) is 2.41. The number of rotatable bonds is 5. The molecular formula is C13H20N4O3. The van der Waals surface area contributed by atoms with Crippen LogP contribution >= 0.6 is 0 Å². The van der Waals surface area contributed by atoms with E-state index in [2.05, 4.69) is 14.9 Å². The second-order valence-electron chi connectivity index (χ2n) is 4.82. The molecule has 2 heterocycles. The van der Waals surface area contributed by atoms with Gasteiger partial charge < -0.3 is 20.5 Å². The molecule has 0 spiro atoms. The number of carbonyl (C=O) groups is 1. The fourth-order valence-electron chi connectivity index (χ4n) is 2.41. The number of ether oxygens (including phenoxy) is 1. The van der Waals surface area contributed by atoms with Gasteiger partial charge in [-0.05, 0) is 25.7 Å². The lowest BCUT2D eigenvalue weighted by Crippen LogP contribution is -2.43. The van der Waals surface area contributed by atoms with E-state index in [0.717, 1.165) is 18.9 Å². The van der Waals surface area contributed by atoms with Crippen LogP contribution in [0.1, 0.15) is 19.8 Å². The van der Waals surface area contributed by atoms with Gasteiger partial charge in [-0.3, -0.25) is 4.79 Å². The molecule has 20 heavy (non-hydrogen) atoms. The number of aliphatic hydroxyl groups is 1. The van der Waals surface area contributed by atoms with Gasteiger partial charge in [0, 0.05) is 19.2 Å². The first-order chi connectivity index (χ1) is 9.61. The highest BCUT2D eigenvalue weighted by atomic mass is 16.5. The average Bonchev–Trinajstić information content (AvgIpc) is 2.47. The first kappa shape index (κ1) is 14.5. The van der Waals surface area contributed by atoms with Crippen LogP contribution in [0.3, 0.4) is 0 Å². The van der Waals surface area contributed by atoms with Crippen LogP contribution < -0.4 is 15.4 Å². The van der Waals surface area contributed by atoms with E-state index >= 15 is 0 Å². The Morgan fingerprint density at radius 2 is 2.25 bits per heavy atom. The molecule has 1 amide bonds. The van der Waals surface area contributed by atoms with Crippen LogP contribution in [0.2, 0.25) is 0 Å². The predicted molar refractivity (Wildman–Crippen MR) is 73.3 cm³/mol. The normalized spacial score (nSPS) is 17.8. The van der Waals surface area contributed by atoms with Crippen LogP contribution in [-0.2, 0) is 4.79 Å². The molecule has 110 valence electrons. The largest absolute Gasteiger partial charge is 0.478 e. The summed E-state index contributed by atoms with van der Waals surface area (Å²) >= 11 is 0. The highest BCUT2D eigenvalue weighted by Crippen LogP contribution is 2.25. The SMILES string of the molecule is CCOc1cc(N2CCC([C@H](O)C(N)=O)CC2)ncn1. The summed E-state index contributed by atoms with van der Waals surface area (Å²) in [6.07, 6.45) is 1.84. The van der Waals surface area contributed by atoms with Gasteiger partial charge in [-0.25, -0.2) is 9.97 Å². The Hall–Kier alpha value is -1.89. The lowest BCUT2D eigenvalue weighted by Gasteiger charge is -2.34. The first-order valence-corrected chi connectivity index (χ1v) is 6.79. The molecule has 0 aliphatic carbocycles. The van der Waals surface area contributed by atoms with Gasteiger partial charge in [-0.15, -0.1) is 0 Å². The minimum absolute atomic E-state index is 0.0723. The molecule has 3 N–H and O–H groups in total. The maximum atomic E-state index is 11.0. The number of carbonyl (C=O) groups excluding carboxylic acids is 1. The molecule has 1 aliphatic rings. The lowest BCUT2D eigenvalue weighted by atomic mass is 9.91. The molecule has 0 radical (unpaired) electrons. The minimum Gasteiger partial charge on any atom is -0.478 e. The molecule has 7 heteroatoms. The molecule has 1 aromatic heterocycles. The van der Waals surface area contributed by atoms with E-state index in [9.17, 15) is 9.90 Å². The third-order valence-electron chi connectivity index (χ3n) is 3.52. The topological polar surface area (TPSA) is 102 Å². The molecule has 1 fully saturated rings. The van der Waals surface area contributed by atoms with Gasteiger partial charge in [0.25, 0.3) is 0 Å². The van der Waals surface area contributed by atoms with Crippen molar-refractivity contribution in [2.24, 2.45) is 11.7 Å². The Balaban J connectivity index is 1.96. The zero-order chi connectivity index (χ0) is 14.5. The number of piperidine rings is 1. The number of primary amides is 1. The predicted octanol–water partition coefficient (Wildman–Crippen LogP) is -0.0621. The Morgan fingerprint density at radius 1 is 1.55 bits per heavy atom. The van der Waals surface area contributed by atoms with Crippen molar-refractivity contribution in [3.63, 3.8) is 0 Å². The van der Waals surface area contributed by atoms with E-state index in [1.54, 1.807) is 6.07 Å². The van der Waals surface area contributed by atoms with Gasteiger partial charge in [-0.1, -0.05) is 0 Å². The van der Waals surface area contributed by atoms with Crippen molar-refractivity contribution in [3.05, 3.63) is 12.4 Å². The monoisotopic (exact) mass is 280 g/mol. The molecule has 0 unspecified atom stereocenters. The summed E-state index contributed by atoms with van der Waals surface area (Å²) in [4.78, 5) is 21.3. The Kier molecular flexibility index (Phi) is 4.73. The summed E-state index contributed by atoms with van der Waals surface area (Å²) in [7, 11) is 0. The standard InChI is InChI=1S/C13H20N4O3/c1-2-20-11-7-10(15-8-16-11)17-5-3-9(4-6-17)12(18)13(14)19/h7-9,12,18H,2-6H2,1H3,(H2,14,19)/t12-/m0/s1. The highest BCUT2D eigenvalue weighted by molar-refractivity contribution is 5.78. The van der Waals surface area contributed by atoms with E-state index in [-0.39, 0.29) is 5.92 Å². The minimum atomic E-state index is -1.05. The second kappa shape index (κ2) is 6.51. The molecule has 7 nitrogen and oxygen atoms in total. The number of anilines is 1. The maximum Gasteiger partial charge on any atom is 0.246 e. The van der Waals surface area contributed by atoms with Gasteiger partial charge in [0.1, 0.15) is 18.2 Å². The third-order valence-corrected chi connectivity index (χ3v) is 3.52. The second-order valence-corrected chi connectivity index (χ2v) is 4.82. The van der Waals surface area contributed by atoms with Gasteiger partial charge in [0.05, 0.1) is 6.61 Å². The summed E-state index contributed by atoms with van der Waals surface area (Å²) in [6.45, 7) is 3.90. The number of amides is 1. The van der Waals surface area contributed by atoms with Crippen molar-refractivity contribution >= 4 is 11.7 Å². The van der Waals surface area contributed by atoms with Crippen LogP contribution in [0, 0.1) is 5.92 Å². The molecule has 1 atom stereocenters. The molecule has 1 aromatic rings. The number of hydrogen-bond acceptors (Lipinski definition) is 6. The zero-order valence-electron chi connectivity index (χ0n) is 11.5. The lowest BCUT2D eigenvalue weighted by molar-refractivity contribution is -0.129. The summed E-state index contributed by atoms with van der Waals surface area (Å²) in [5, 5.41) is 9.68. The summed E-state index contributed by atoms with van der Waals surface area (Å²) in [5.41, 5.74) is 5.13. The van der Waals surface area contributed by atoms with E-state index in [1.165, 1.54) is 6.33 Å². The van der Waals surface area contributed by atoms with Crippen LogP contribution in [0.15, 0.2) is 12.4 Å². The molecule has 1 aliphatic heterocycles. The van der Waals surface area contributed by atoms with Gasteiger partial charge in [0.15, 0.2) is 0 Å². The van der Waals surface area contributed by atoms with Crippen LogP contribution in [-0.4, -0.2) is 46.8 Å². The fraction of sp³-hybridized carbons (Fsp3) is 0.615. The highest BCUT2D eigenvalue weighted by Gasteiger charge is 2.28. The first-order valence-electron chi connectivity index (χ1n) is 6.79. The van der Waals surface area contributed by atoms with Crippen molar-refractivity contribution in [1.29, 1.82) is 0 Å². The quantitative estimate of drug-likeness (QED) is 0.783. The molecule has 1 saturated heterocycles. The number of aliphatic hydroxyl groups excluding tert-OH is 1. The van der Waals surface area contributed by atoms with E-state index in [1.807, 2.05) is 6.92 Å². The summed E-state index contributed by atoms with van der Waals surface area (Å²) in [5.74, 6) is 0.633. The molecule has 2 rings (SSSR count). The molecule has 0 bridgehead atoms. The summed E-state index contributed by atoms with van der Waals surface area (Å²) in [6, 6.07) is 1.80. The maximum absolute atomic E-state index is 11.0. The van der Waals surface area contributed by atoms with Crippen molar-refractivity contribution in [2.75, 3.05) is 24.6 Å². The molecule has 0 saturated carbocycles. The Bertz CT molecular complexity index is 461. The Morgan fingerprint density at radius 3 is 2.85 bits per heavy atom. The molecular weight excluding hydrogens is 260 g/mol. The van der Waals surface area contributed by atoms with Crippen LogP contribution in [0.4, 0.5) is 5.82 Å². The van der Waals surface area contributed by atoms with Crippen LogP contribution in [0.25, 0.3) is 0 Å². The smallest absolute Gasteiger partial charge is 0.246 e. The molecule has 0 aromatic carbocycles. The van der Waals surface area contributed by atoms with E-state index in [4.69, 9.17) is 10.5 Å². The average molecular weight is 280 g/mol. The number of hydrogen-bond donors (Lipinski definition) is 2. The van der Waals surface area contributed by atoms with Crippen molar-refractivity contribution in [2.45, 2.75) is 25.9 Å². The van der Waals surface area contributed by atoms with Gasteiger partial charge in [-0.2, -0.15) is 0 Å². The van der Waals surface area contributed by atoms with Crippen molar-refractivity contribution < 1.29 is 14.6 Å². The van der Waals surface area contributed by atoms with Gasteiger partial charge >= 0.3 is 0 Å². The zero-order valence-corrected chi connectivity index (χ0v) is 11.5. The Labute approximate surface area is 117 Å².